The fourth-order valence-electron chi connectivity index (χ4n) is 4.21. The molecule has 158 valence electrons. The molecule has 0 N–H and O–H groups in total. The molecule has 0 aliphatic heterocycles. The van der Waals surface area contributed by atoms with Crippen LogP contribution in [0.5, 0.6) is 0 Å². The molecule has 31 heavy (non-hydrogen) atoms. The Bertz CT molecular complexity index is 1020. The summed E-state index contributed by atoms with van der Waals surface area (Å²) in [5.41, 5.74) is 0.871. The molecule has 0 aliphatic rings. The van der Waals surface area contributed by atoms with Gasteiger partial charge in [0.1, 0.15) is 0 Å². The van der Waals surface area contributed by atoms with Gasteiger partial charge >= 0.3 is 184 Å². The molecule has 0 aliphatic carbocycles. The van der Waals surface area contributed by atoms with Gasteiger partial charge in [-0.3, -0.25) is 0 Å². The molecule has 0 amide bonds. The molecule has 0 fully saturated rings. The van der Waals surface area contributed by atoms with Crippen molar-refractivity contribution >= 4 is 22.7 Å². The zero-order valence-electron chi connectivity index (χ0n) is 16.7. The second-order valence-corrected chi connectivity index (χ2v) is 12.9. The summed E-state index contributed by atoms with van der Waals surface area (Å²) in [6.07, 6.45) is 0.221. The summed E-state index contributed by atoms with van der Waals surface area (Å²) < 4.78 is 43.1. The summed E-state index contributed by atoms with van der Waals surface area (Å²) in [5.74, 6) is 0. The van der Waals surface area contributed by atoms with E-state index in [4.69, 9.17) is 4.08 Å². The predicted molar refractivity (Wildman–Crippen MR) is 116 cm³/mol. The average molecular weight is 453 g/mol. The summed E-state index contributed by atoms with van der Waals surface area (Å²) in [5, 5.41) is 2.00. The van der Waals surface area contributed by atoms with E-state index in [1.54, 1.807) is 0 Å². The molecule has 0 atom stereocenters. The van der Waals surface area contributed by atoms with Gasteiger partial charge in [0.2, 0.25) is 0 Å². The van der Waals surface area contributed by atoms with Crippen molar-refractivity contribution in [2.45, 2.75) is 6.16 Å². The van der Waals surface area contributed by atoms with E-state index in [1.165, 1.54) is 0 Å². The van der Waals surface area contributed by atoms with Crippen LogP contribution in [-0.2, 0) is 10.2 Å². The van der Waals surface area contributed by atoms with Crippen LogP contribution in [0.25, 0.3) is 0 Å². The van der Waals surface area contributed by atoms with Crippen molar-refractivity contribution in [1.82, 2.24) is 0 Å². The van der Waals surface area contributed by atoms with Gasteiger partial charge in [0.25, 0.3) is 0 Å². The van der Waals surface area contributed by atoms with E-state index in [9.17, 15) is 14.0 Å². The second-order valence-electron chi connectivity index (χ2n) is 7.31. The Labute approximate surface area is 184 Å². The normalized spacial score (nSPS) is 13.3. The van der Waals surface area contributed by atoms with Crippen LogP contribution in [-0.4, -0.2) is 0 Å². The quantitative estimate of drug-likeness (QED) is 0.398. The van der Waals surface area contributed by atoms with Crippen molar-refractivity contribution in [3.8, 4) is 0 Å². The first-order valence-electron chi connectivity index (χ1n) is 9.78. The molecule has 0 saturated heterocycles. The van der Waals surface area contributed by atoms with Gasteiger partial charge in [0.05, 0.1) is 0 Å². The van der Waals surface area contributed by atoms with Crippen molar-refractivity contribution in [1.29, 1.82) is 0 Å². The first-order chi connectivity index (χ1) is 14.9. The van der Waals surface area contributed by atoms with Crippen LogP contribution in [0.4, 0.5) is 0 Å². The molecule has 6 heteroatoms. The molecule has 4 nitrogen and oxygen atoms in total. The van der Waals surface area contributed by atoms with Crippen LogP contribution >= 0.6 is 6.83 Å². The molecule has 4 aromatic carbocycles. The molecular weight excluding hydrogens is 431 g/mol. The Hall–Kier alpha value is -2.56. The maximum atomic E-state index is 12.4. The third-order valence-electron chi connectivity index (χ3n) is 5.47. The molecule has 4 aromatic rings. The number of hydrogen-bond donors (Lipinski definition) is 0. The van der Waals surface area contributed by atoms with Crippen LogP contribution in [0.2, 0.25) is 0 Å². The van der Waals surface area contributed by atoms with Gasteiger partial charge in [-0.15, -0.1) is 0 Å². The minimum atomic E-state index is -4.77. The molecule has 0 bridgehead atoms. The maximum absolute atomic E-state index is 12.4. The Morgan fingerprint density at radius 1 is 0.516 bits per heavy atom. The summed E-state index contributed by atoms with van der Waals surface area (Å²) in [6, 6.07) is 37.2. The van der Waals surface area contributed by atoms with E-state index < -0.39 is 17.1 Å². The van der Waals surface area contributed by atoms with Crippen LogP contribution in [0.3, 0.4) is 0 Å². The summed E-state index contributed by atoms with van der Waals surface area (Å²) in [7, 11) is -4.77. The molecule has 0 saturated carbocycles. The van der Waals surface area contributed by atoms with Crippen molar-refractivity contribution in [2.75, 3.05) is 0 Å². The Kier molecular flexibility index (Phi) is 5.96. The van der Waals surface area contributed by atoms with E-state index in [-0.39, 0.29) is 6.16 Å². The Balaban J connectivity index is 2.20. The van der Waals surface area contributed by atoms with Crippen molar-refractivity contribution in [3.05, 3.63) is 127 Å². The number of halogens is 1. The van der Waals surface area contributed by atoms with E-state index in [0.717, 1.165) is 5.56 Å². The zero-order chi connectivity index (χ0) is 21.8. The van der Waals surface area contributed by atoms with Crippen molar-refractivity contribution < 1.29 is 28.3 Å². The van der Waals surface area contributed by atoms with Gasteiger partial charge in [-0.1, -0.05) is 0 Å². The van der Waals surface area contributed by atoms with Crippen molar-refractivity contribution in [3.63, 3.8) is 0 Å². The monoisotopic (exact) mass is 452 g/mol. The van der Waals surface area contributed by atoms with Crippen LogP contribution < -0.4 is 29.9 Å². The Morgan fingerprint density at radius 2 is 0.839 bits per heavy atom. The number of benzene rings is 4. The summed E-state index contributed by atoms with van der Waals surface area (Å²) >= 11 is 0. The van der Waals surface area contributed by atoms with Gasteiger partial charge in [-0.2, -0.15) is 0 Å². The van der Waals surface area contributed by atoms with E-state index in [2.05, 4.69) is 0 Å². The molecule has 0 radical (unpaired) electrons. The third-order valence-corrected chi connectivity index (χ3v) is 12.5. The molecular formula is C25H22ClO4P. The molecule has 0 spiro atoms. The first kappa shape index (κ1) is 21.7. The fraction of sp³-hybridized carbons (Fsp3) is 0.0400. The predicted octanol–water partition coefficient (Wildman–Crippen LogP) is 1.55. The van der Waals surface area contributed by atoms with Crippen LogP contribution in [0.15, 0.2) is 121 Å². The van der Waals surface area contributed by atoms with E-state index in [1.807, 2.05) is 121 Å². The third kappa shape index (κ3) is 4.02. The zero-order valence-corrected chi connectivity index (χ0v) is 18.4. The number of hydrogen-bond acceptors (Lipinski definition) is 4. The van der Waals surface area contributed by atoms with Crippen LogP contribution in [0, 0.1) is 10.2 Å². The second kappa shape index (κ2) is 8.52. The van der Waals surface area contributed by atoms with E-state index >= 15 is 0 Å². The van der Waals surface area contributed by atoms with E-state index in [0.29, 0.717) is 15.9 Å². The SMILES string of the molecule is [O-][Cl+3]([O-])([O-])OP(Cc1ccccc1)(c1ccccc1)(c1ccccc1)c1ccccc1. The van der Waals surface area contributed by atoms with Gasteiger partial charge in [-0.05, 0) is 0 Å². The van der Waals surface area contributed by atoms with Gasteiger partial charge in [0.15, 0.2) is 0 Å². The topological polar surface area (TPSA) is 78.4 Å². The number of rotatable bonds is 7. The minimum absolute atomic E-state index is 0.221. The Morgan fingerprint density at radius 3 is 1.16 bits per heavy atom. The standard InChI is InChI=1S/C25H22ClO4P/c27-26(28,29)30-31(23-15-7-2-8-16-23,24-17-9-3-10-18-24,25-19-11-4-12-20-25)21-22-13-5-1-6-14-22/h1-20H,21H2. The molecule has 4 rings (SSSR count). The summed E-state index contributed by atoms with van der Waals surface area (Å²) in [4.78, 5) is 0. The van der Waals surface area contributed by atoms with Crippen molar-refractivity contribution in [2.24, 2.45) is 0 Å². The van der Waals surface area contributed by atoms with Crippen LogP contribution in [0.1, 0.15) is 5.56 Å². The van der Waals surface area contributed by atoms with Gasteiger partial charge in [-0.25, -0.2) is 0 Å². The molecule has 0 unspecified atom stereocenters. The summed E-state index contributed by atoms with van der Waals surface area (Å²) in [6.45, 7) is -4.29. The molecule has 0 aromatic heterocycles. The van der Waals surface area contributed by atoms with Gasteiger partial charge < -0.3 is 0 Å². The first-order valence-corrected chi connectivity index (χ1v) is 13.4. The average Bonchev–Trinajstić information content (AvgIpc) is 2.80. The molecule has 0 heterocycles. The fourth-order valence-corrected chi connectivity index (χ4v) is 11.6. The van der Waals surface area contributed by atoms with Gasteiger partial charge in [0, 0.05) is 0 Å².